The van der Waals surface area contributed by atoms with Gasteiger partial charge in [-0.1, -0.05) is 25.1 Å². The Hall–Kier alpha value is -4.39. The first kappa shape index (κ1) is 28.2. The highest BCUT2D eigenvalue weighted by molar-refractivity contribution is 7.99. The van der Waals surface area contributed by atoms with E-state index in [1.165, 1.54) is 29.2 Å². The zero-order valence-corrected chi connectivity index (χ0v) is 20.8. The first-order valence-electron chi connectivity index (χ1n) is 11.1. The average molecular weight is 545 g/mol. The molecule has 0 spiro atoms. The third-order valence-electron chi connectivity index (χ3n) is 4.90. The van der Waals surface area contributed by atoms with Gasteiger partial charge in [-0.2, -0.15) is 4.99 Å². The summed E-state index contributed by atoms with van der Waals surface area (Å²) in [5.74, 6) is -0.747. The number of aliphatic imine (C=N–C) groups is 1. The van der Waals surface area contributed by atoms with E-state index in [1.807, 2.05) is 19.1 Å². The van der Waals surface area contributed by atoms with Crippen LogP contribution in [0.3, 0.4) is 0 Å². The van der Waals surface area contributed by atoms with Gasteiger partial charge in [0.25, 0.3) is 5.91 Å². The van der Waals surface area contributed by atoms with E-state index in [9.17, 15) is 22.8 Å². The molecule has 0 bridgehead atoms. The number of amides is 3. The summed E-state index contributed by atoms with van der Waals surface area (Å²) in [5, 5.41) is 5.69. The topological polar surface area (TPSA) is 133 Å². The van der Waals surface area contributed by atoms with E-state index in [1.54, 1.807) is 36.0 Å². The van der Waals surface area contributed by atoms with Crippen molar-refractivity contribution in [1.82, 2.24) is 0 Å². The number of anilines is 2. The SMILES string of the molecule is CCSc1cccc(NC(=O)N(Cc2ccc(C(=O)N=C(N)N=N)cc2)c2ccc(OC(F)(F)F)cc2)c1. The molecule has 0 aliphatic carbocycles. The molecule has 0 aliphatic rings. The van der Waals surface area contributed by atoms with Gasteiger partial charge >= 0.3 is 12.4 Å². The molecule has 3 amide bonds. The lowest BCUT2D eigenvalue weighted by molar-refractivity contribution is -0.274. The predicted octanol–water partition coefficient (Wildman–Crippen LogP) is 6.42. The first-order valence-corrected chi connectivity index (χ1v) is 12.1. The molecular weight excluding hydrogens is 521 g/mol. The number of halogens is 3. The second-order valence-corrected chi connectivity index (χ2v) is 8.94. The summed E-state index contributed by atoms with van der Waals surface area (Å²) >= 11 is 1.61. The molecule has 0 atom stereocenters. The molecule has 0 saturated carbocycles. The molecule has 0 fully saturated rings. The van der Waals surface area contributed by atoms with Gasteiger partial charge in [0.05, 0.1) is 6.54 Å². The molecule has 0 aromatic heterocycles. The van der Waals surface area contributed by atoms with E-state index in [-0.39, 0.29) is 12.1 Å². The Morgan fingerprint density at radius 1 is 1.08 bits per heavy atom. The molecule has 198 valence electrons. The molecule has 3 rings (SSSR count). The second kappa shape index (κ2) is 12.7. The van der Waals surface area contributed by atoms with Crippen LogP contribution in [0.15, 0.2) is 87.8 Å². The number of urea groups is 1. The molecule has 0 saturated heterocycles. The van der Waals surface area contributed by atoms with E-state index >= 15 is 0 Å². The number of ether oxygens (including phenoxy) is 1. The normalized spacial score (nSPS) is 11.5. The Labute approximate surface area is 220 Å². The number of hydrogen-bond acceptors (Lipinski definition) is 5. The highest BCUT2D eigenvalue weighted by atomic mass is 32.2. The largest absolute Gasteiger partial charge is 0.573 e. The maximum absolute atomic E-state index is 13.3. The molecular formula is C25H23F3N6O3S. The van der Waals surface area contributed by atoms with Gasteiger partial charge in [0.2, 0.25) is 5.96 Å². The molecule has 0 aliphatic heterocycles. The smallest absolute Gasteiger partial charge is 0.406 e. The van der Waals surface area contributed by atoms with Crippen molar-refractivity contribution >= 4 is 41.0 Å². The zero-order chi connectivity index (χ0) is 27.7. The average Bonchev–Trinajstić information content (AvgIpc) is 2.87. The van der Waals surface area contributed by atoms with E-state index in [2.05, 4.69) is 20.2 Å². The van der Waals surface area contributed by atoms with Crippen molar-refractivity contribution in [3.05, 3.63) is 83.9 Å². The summed E-state index contributed by atoms with van der Waals surface area (Å²) < 4.78 is 41.6. The maximum atomic E-state index is 13.3. The Kier molecular flexibility index (Phi) is 9.44. The quantitative estimate of drug-likeness (QED) is 0.130. The summed E-state index contributed by atoms with van der Waals surface area (Å²) in [6.45, 7) is 2.03. The number of carbonyl (C=O) groups is 2. The molecule has 38 heavy (non-hydrogen) atoms. The highest BCUT2D eigenvalue weighted by Gasteiger charge is 2.31. The first-order chi connectivity index (χ1) is 18.1. The number of guanidine groups is 1. The monoisotopic (exact) mass is 544 g/mol. The molecule has 9 nitrogen and oxygen atoms in total. The molecule has 4 N–H and O–H groups in total. The van der Waals surface area contributed by atoms with E-state index < -0.39 is 30.0 Å². The van der Waals surface area contributed by atoms with Crippen molar-refractivity contribution in [2.45, 2.75) is 24.7 Å². The third kappa shape index (κ3) is 8.34. The van der Waals surface area contributed by atoms with Crippen molar-refractivity contribution < 1.29 is 27.5 Å². The minimum absolute atomic E-state index is 0.0244. The van der Waals surface area contributed by atoms with Gasteiger partial charge in [-0.15, -0.1) is 30.0 Å². The van der Waals surface area contributed by atoms with Crippen molar-refractivity contribution in [1.29, 1.82) is 5.53 Å². The minimum Gasteiger partial charge on any atom is -0.406 e. The van der Waals surface area contributed by atoms with E-state index in [0.717, 1.165) is 22.8 Å². The number of nitrogens with two attached hydrogens (primary N) is 1. The lowest BCUT2D eigenvalue weighted by atomic mass is 10.1. The zero-order valence-electron chi connectivity index (χ0n) is 20.0. The van der Waals surface area contributed by atoms with E-state index in [0.29, 0.717) is 16.9 Å². The molecule has 0 heterocycles. The summed E-state index contributed by atoms with van der Waals surface area (Å²) in [4.78, 5) is 31.2. The van der Waals surface area contributed by atoms with Crippen molar-refractivity contribution in [2.75, 3.05) is 16.0 Å². The minimum atomic E-state index is -4.84. The van der Waals surface area contributed by atoms with Crippen LogP contribution in [-0.2, 0) is 6.54 Å². The molecule has 0 radical (unpaired) electrons. The van der Waals surface area contributed by atoms with Gasteiger partial charge in [0.15, 0.2) is 0 Å². The fourth-order valence-corrected chi connectivity index (χ4v) is 3.98. The number of nitrogens with zero attached hydrogens (tertiary/aromatic N) is 3. The number of nitrogens with one attached hydrogen (secondary N) is 2. The molecule has 3 aromatic rings. The van der Waals surface area contributed by atoms with Gasteiger partial charge in [0, 0.05) is 21.8 Å². The highest BCUT2D eigenvalue weighted by Crippen LogP contribution is 2.27. The van der Waals surface area contributed by atoms with Gasteiger partial charge in [-0.05, 0) is 65.9 Å². The van der Waals surface area contributed by atoms with Crippen LogP contribution in [0.2, 0.25) is 0 Å². The Balaban J connectivity index is 1.87. The number of rotatable bonds is 8. The van der Waals surface area contributed by atoms with E-state index in [4.69, 9.17) is 11.3 Å². The Bertz CT molecular complexity index is 1320. The van der Waals surface area contributed by atoms with Crippen molar-refractivity contribution in [3.8, 4) is 5.75 Å². The number of thioether (sulfide) groups is 1. The van der Waals surface area contributed by atoms with Gasteiger partial charge in [-0.25, -0.2) is 10.3 Å². The van der Waals surface area contributed by atoms with Crippen LogP contribution >= 0.6 is 11.8 Å². The third-order valence-corrected chi connectivity index (χ3v) is 5.77. The van der Waals surface area contributed by atoms with Crippen LogP contribution < -0.4 is 20.7 Å². The maximum Gasteiger partial charge on any atom is 0.573 e. The van der Waals surface area contributed by atoms with Crippen molar-refractivity contribution in [2.24, 2.45) is 15.8 Å². The van der Waals surface area contributed by atoms with Crippen molar-refractivity contribution in [3.63, 3.8) is 0 Å². The number of benzene rings is 3. The number of alkyl halides is 3. The Morgan fingerprint density at radius 3 is 2.37 bits per heavy atom. The Morgan fingerprint density at radius 2 is 1.76 bits per heavy atom. The van der Waals surface area contributed by atoms with Crippen LogP contribution in [-0.4, -0.2) is 30.0 Å². The molecule has 13 heteroatoms. The second-order valence-electron chi connectivity index (χ2n) is 7.60. The summed E-state index contributed by atoms with van der Waals surface area (Å²) in [7, 11) is 0. The van der Waals surface area contributed by atoms with Crippen LogP contribution in [0.1, 0.15) is 22.8 Å². The lowest BCUT2D eigenvalue weighted by Gasteiger charge is -2.24. The fourth-order valence-electron chi connectivity index (χ4n) is 3.26. The lowest BCUT2D eigenvalue weighted by Crippen LogP contribution is -2.34. The molecule has 0 unspecified atom stereocenters. The summed E-state index contributed by atoms with van der Waals surface area (Å²) in [5.41, 5.74) is 13.7. The number of carbonyl (C=O) groups excluding carboxylic acids is 2. The van der Waals surface area contributed by atoms with Crippen LogP contribution in [0.5, 0.6) is 5.75 Å². The van der Waals surface area contributed by atoms with Gasteiger partial charge < -0.3 is 15.8 Å². The summed E-state index contributed by atoms with van der Waals surface area (Å²) in [6.07, 6.45) is -4.84. The standard InChI is InChI=1S/C25H23F3N6O3S/c1-2-38-21-5-3-4-18(14-21)31-24(36)34(19-10-12-20(13-11-19)37-25(26,27)28)15-16-6-8-17(9-7-16)22(35)32-23(29)33-30/h3-14,30H,2,15H2,1H3,(H,31,36)(H2,29,32,35). The predicted molar refractivity (Wildman–Crippen MR) is 139 cm³/mol. The van der Waals surface area contributed by atoms with Crippen LogP contribution in [0, 0.1) is 5.53 Å². The van der Waals surface area contributed by atoms with Gasteiger partial charge in [-0.3, -0.25) is 9.69 Å². The fraction of sp³-hybridized carbons (Fsp3) is 0.160. The number of hydrogen-bond donors (Lipinski definition) is 3. The van der Waals surface area contributed by atoms with Gasteiger partial charge in [0.1, 0.15) is 5.75 Å². The van der Waals surface area contributed by atoms with Crippen LogP contribution in [0.25, 0.3) is 0 Å². The molecule has 3 aromatic carbocycles. The van der Waals surface area contributed by atoms with Crippen LogP contribution in [0.4, 0.5) is 29.3 Å². The summed E-state index contributed by atoms with van der Waals surface area (Å²) in [6, 6.07) is 17.8.